The standard InChI is InChI=1S/C17H16F3N3O2/c18-17(19,20)14-4-2-1-3-13(14)15-8-12(24)10-23(15)16(25)7-11-9-21-5-6-22-11/h1-6,9,12,15,24H,7-8,10H2. The average molecular weight is 351 g/mol. The third-order valence-electron chi connectivity index (χ3n) is 4.17. The van der Waals surface area contributed by atoms with Crippen molar-refractivity contribution in [2.45, 2.75) is 31.2 Å². The number of carbonyl (C=O) groups excluding carboxylic acids is 1. The summed E-state index contributed by atoms with van der Waals surface area (Å²) in [7, 11) is 0. The van der Waals surface area contributed by atoms with E-state index in [0.717, 1.165) is 6.07 Å². The molecule has 1 amide bonds. The van der Waals surface area contributed by atoms with Crippen LogP contribution >= 0.6 is 0 Å². The van der Waals surface area contributed by atoms with Gasteiger partial charge in [-0.2, -0.15) is 13.2 Å². The summed E-state index contributed by atoms with van der Waals surface area (Å²) < 4.78 is 39.9. The summed E-state index contributed by atoms with van der Waals surface area (Å²) in [5.41, 5.74) is -0.359. The van der Waals surface area contributed by atoms with Gasteiger partial charge in [-0.05, 0) is 18.1 Å². The number of aliphatic hydroxyl groups is 1. The number of amides is 1. The van der Waals surface area contributed by atoms with E-state index in [1.807, 2.05) is 0 Å². The van der Waals surface area contributed by atoms with Gasteiger partial charge < -0.3 is 10.0 Å². The topological polar surface area (TPSA) is 66.3 Å². The van der Waals surface area contributed by atoms with E-state index in [-0.39, 0.29) is 30.9 Å². The molecule has 2 atom stereocenters. The van der Waals surface area contributed by atoms with Gasteiger partial charge in [0.25, 0.3) is 0 Å². The van der Waals surface area contributed by atoms with Gasteiger partial charge in [-0.25, -0.2) is 0 Å². The Bertz CT molecular complexity index is 752. The van der Waals surface area contributed by atoms with Crippen LogP contribution in [0.5, 0.6) is 0 Å². The van der Waals surface area contributed by atoms with E-state index in [1.54, 1.807) is 0 Å². The van der Waals surface area contributed by atoms with E-state index in [4.69, 9.17) is 0 Å². The van der Waals surface area contributed by atoms with Crippen LogP contribution in [0.15, 0.2) is 42.9 Å². The lowest BCUT2D eigenvalue weighted by Gasteiger charge is -2.27. The SMILES string of the molecule is O=C(Cc1cnccn1)N1CC(O)CC1c1ccccc1C(F)(F)F. The Kier molecular flexibility index (Phi) is 4.71. The Morgan fingerprint density at radius 3 is 2.72 bits per heavy atom. The monoisotopic (exact) mass is 351 g/mol. The number of hydrogen-bond donors (Lipinski definition) is 1. The molecule has 0 aliphatic carbocycles. The maximum Gasteiger partial charge on any atom is 0.416 e. The molecule has 8 heteroatoms. The third-order valence-corrected chi connectivity index (χ3v) is 4.17. The second kappa shape index (κ2) is 6.79. The van der Waals surface area contributed by atoms with Crippen LogP contribution in [0.1, 0.15) is 29.3 Å². The minimum Gasteiger partial charge on any atom is -0.391 e. The molecule has 1 aliphatic heterocycles. The van der Waals surface area contributed by atoms with Crippen molar-refractivity contribution in [3.63, 3.8) is 0 Å². The van der Waals surface area contributed by atoms with Gasteiger partial charge in [-0.1, -0.05) is 18.2 Å². The van der Waals surface area contributed by atoms with Crippen LogP contribution < -0.4 is 0 Å². The van der Waals surface area contributed by atoms with Gasteiger partial charge in [0.15, 0.2) is 0 Å². The van der Waals surface area contributed by atoms with Crippen LogP contribution in [0, 0.1) is 0 Å². The van der Waals surface area contributed by atoms with Crippen LogP contribution in [0.25, 0.3) is 0 Å². The molecule has 0 bridgehead atoms. The number of hydrogen-bond acceptors (Lipinski definition) is 4. The number of β-amino-alcohol motifs (C(OH)–C–C–N with tert-alkyl or cyclic N) is 1. The summed E-state index contributed by atoms with van der Waals surface area (Å²) >= 11 is 0. The zero-order valence-corrected chi connectivity index (χ0v) is 13.1. The Labute approximate surface area is 142 Å². The number of rotatable bonds is 3. The highest BCUT2D eigenvalue weighted by molar-refractivity contribution is 5.79. The van der Waals surface area contributed by atoms with Gasteiger partial charge >= 0.3 is 6.18 Å². The molecule has 5 nitrogen and oxygen atoms in total. The number of benzene rings is 1. The van der Waals surface area contributed by atoms with Crippen molar-refractivity contribution >= 4 is 5.91 Å². The number of halogens is 3. The zero-order chi connectivity index (χ0) is 18.0. The fraction of sp³-hybridized carbons (Fsp3) is 0.353. The molecule has 25 heavy (non-hydrogen) atoms. The molecule has 0 saturated carbocycles. The van der Waals surface area contributed by atoms with Crippen LogP contribution in [-0.4, -0.2) is 38.5 Å². The van der Waals surface area contributed by atoms with E-state index >= 15 is 0 Å². The van der Waals surface area contributed by atoms with Crippen molar-refractivity contribution in [3.05, 3.63) is 59.7 Å². The van der Waals surface area contributed by atoms with Gasteiger partial charge in [0.1, 0.15) is 0 Å². The molecule has 1 aromatic carbocycles. The molecule has 1 saturated heterocycles. The first kappa shape index (κ1) is 17.3. The van der Waals surface area contributed by atoms with Gasteiger partial charge in [-0.15, -0.1) is 0 Å². The van der Waals surface area contributed by atoms with Crippen LogP contribution in [0.2, 0.25) is 0 Å². The Morgan fingerprint density at radius 2 is 2.04 bits per heavy atom. The zero-order valence-electron chi connectivity index (χ0n) is 13.1. The smallest absolute Gasteiger partial charge is 0.391 e. The minimum absolute atomic E-state index is 0.000883. The van der Waals surface area contributed by atoms with Crippen LogP contribution in [0.3, 0.4) is 0 Å². The fourth-order valence-electron chi connectivity index (χ4n) is 3.11. The number of nitrogens with zero attached hydrogens (tertiary/aromatic N) is 3. The minimum atomic E-state index is -4.52. The second-order valence-corrected chi connectivity index (χ2v) is 5.91. The van der Waals surface area contributed by atoms with E-state index in [2.05, 4.69) is 9.97 Å². The van der Waals surface area contributed by atoms with Crippen molar-refractivity contribution < 1.29 is 23.1 Å². The van der Waals surface area contributed by atoms with Gasteiger partial charge in [-0.3, -0.25) is 14.8 Å². The van der Waals surface area contributed by atoms with E-state index in [0.29, 0.717) is 5.69 Å². The first-order valence-corrected chi connectivity index (χ1v) is 7.75. The molecule has 3 rings (SSSR count). The summed E-state index contributed by atoms with van der Waals surface area (Å²) in [5, 5.41) is 9.94. The Hall–Kier alpha value is -2.48. The molecular weight excluding hydrogens is 335 g/mol. The number of alkyl halides is 3. The molecule has 1 aliphatic rings. The summed E-state index contributed by atoms with van der Waals surface area (Å²) in [6.45, 7) is -0.00401. The highest BCUT2D eigenvalue weighted by Crippen LogP contribution is 2.40. The fourth-order valence-corrected chi connectivity index (χ4v) is 3.11. The molecule has 1 fully saturated rings. The first-order chi connectivity index (χ1) is 11.9. The molecule has 2 heterocycles. The highest BCUT2D eigenvalue weighted by Gasteiger charge is 2.41. The Balaban J connectivity index is 1.89. The van der Waals surface area contributed by atoms with Crippen molar-refractivity contribution in [2.75, 3.05) is 6.54 Å². The molecular formula is C17H16F3N3O2. The Morgan fingerprint density at radius 1 is 1.28 bits per heavy atom. The van der Waals surface area contributed by atoms with Crippen molar-refractivity contribution in [1.29, 1.82) is 0 Å². The van der Waals surface area contributed by atoms with E-state index in [9.17, 15) is 23.1 Å². The van der Waals surface area contributed by atoms with Crippen molar-refractivity contribution in [3.8, 4) is 0 Å². The maximum absolute atomic E-state index is 13.3. The quantitative estimate of drug-likeness (QED) is 0.922. The lowest BCUT2D eigenvalue weighted by Crippen LogP contribution is -2.34. The molecule has 0 radical (unpaired) electrons. The predicted octanol–water partition coefficient (Wildman–Crippen LogP) is 2.37. The lowest BCUT2D eigenvalue weighted by atomic mass is 9.97. The molecule has 0 spiro atoms. The summed E-state index contributed by atoms with van der Waals surface area (Å²) in [4.78, 5) is 21.7. The number of aromatic nitrogens is 2. The highest BCUT2D eigenvalue weighted by atomic mass is 19.4. The lowest BCUT2D eigenvalue weighted by molar-refractivity contribution is -0.140. The molecule has 1 aromatic heterocycles. The largest absolute Gasteiger partial charge is 0.416 e. The number of likely N-dealkylation sites (tertiary alicyclic amines) is 1. The summed E-state index contributed by atoms with van der Waals surface area (Å²) in [5.74, 6) is -0.390. The van der Waals surface area contributed by atoms with Gasteiger partial charge in [0, 0.05) is 25.1 Å². The van der Waals surface area contributed by atoms with Crippen LogP contribution in [0.4, 0.5) is 13.2 Å². The normalized spacial score (nSPS) is 20.7. The number of aliphatic hydroxyl groups excluding tert-OH is 1. The maximum atomic E-state index is 13.3. The van der Waals surface area contributed by atoms with Crippen molar-refractivity contribution in [2.24, 2.45) is 0 Å². The number of carbonyl (C=O) groups is 1. The van der Waals surface area contributed by atoms with Crippen LogP contribution in [-0.2, 0) is 17.4 Å². The second-order valence-electron chi connectivity index (χ2n) is 5.91. The first-order valence-electron chi connectivity index (χ1n) is 7.75. The third kappa shape index (κ3) is 3.79. The van der Waals surface area contributed by atoms with E-state index < -0.39 is 23.9 Å². The summed E-state index contributed by atoms with van der Waals surface area (Å²) in [6, 6.07) is 4.33. The van der Waals surface area contributed by atoms with Gasteiger partial charge in [0.2, 0.25) is 5.91 Å². The van der Waals surface area contributed by atoms with Crippen molar-refractivity contribution in [1.82, 2.24) is 14.9 Å². The van der Waals surface area contributed by atoms with E-state index in [1.165, 1.54) is 41.7 Å². The predicted molar refractivity (Wildman–Crippen MR) is 82.3 cm³/mol. The average Bonchev–Trinajstić information content (AvgIpc) is 2.97. The van der Waals surface area contributed by atoms with Gasteiger partial charge in [0.05, 0.1) is 29.8 Å². The molecule has 132 valence electrons. The molecule has 2 aromatic rings. The molecule has 2 unspecified atom stereocenters. The molecule has 1 N–H and O–H groups in total. The summed E-state index contributed by atoms with van der Waals surface area (Å²) in [6.07, 6.45) is -1.05.